The number of aliphatic hydroxyl groups excluding tert-OH is 7. The second-order valence-electron chi connectivity index (χ2n) is 15.5. The average molecular weight is 819 g/mol. The topological polar surface area (TPSA) is 214 Å². The van der Waals surface area contributed by atoms with Crippen LogP contribution >= 0.6 is 0 Å². The minimum Gasteiger partial charge on any atom is -0.457 e. The number of carbonyl (C=O) groups excluding carboxylic acids is 1. The zero-order chi connectivity index (χ0) is 41.7. The molecule has 2 rings (SSSR count). The molecule has 0 aromatic heterocycles. The Morgan fingerprint density at radius 1 is 0.579 bits per heavy atom. The molecule has 0 amide bonds. The van der Waals surface area contributed by atoms with Crippen molar-refractivity contribution in [2.24, 2.45) is 0 Å². The fourth-order valence-corrected chi connectivity index (χ4v) is 6.77. The van der Waals surface area contributed by atoms with Crippen LogP contribution in [0.4, 0.5) is 0 Å². The van der Waals surface area contributed by atoms with E-state index in [0.717, 1.165) is 64.2 Å². The summed E-state index contributed by atoms with van der Waals surface area (Å²) in [7, 11) is 0. The Morgan fingerprint density at radius 3 is 1.74 bits per heavy atom. The van der Waals surface area contributed by atoms with E-state index in [2.05, 4.69) is 38.2 Å². The SMILES string of the molecule is CCCC/C=C\C/C=C\CCCCCCCC(=O)OC(COCCCCCCCCCCC)COC1OC(COC2OC(CO)C(O)C(O)C2O)C(O)C(O)C1O. The lowest BCUT2D eigenvalue weighted by Crippen LogP contribution is -2.61. The van der Waals surface area contributed by atoms with E-state index in [-0.39, 0.29) is 19.6 Å². The van der Waals surface area contributed by atoms with Crippen LogP contribution in [0, 0.1) is 0 Å². The lowest BCUT2D eigenvalue weighted by Gasteiger charge is -2.42. The van der Waals surface area contributed by atoms with Gasteiger partial charge in [0.1, 0.15) is 54.9 Å². The Balaban J connectivity index is 1.83. The van der Waals surface area contributed by atoms with Crippen LogP contribution in [0.5, 0.6) is 0 Å². The summed E-state index contributed by atoms with van der Waals surface area (Å²) in [6.45, 7) is 3.59. The van der Waals surface area contributed by atoms with Gasteiger partial charge in [0.25, 0.3) is 0 Å². The van der Waals surface area contributed by atoms with Crippen molar-refractivity contribution in [3.63, 3.8) is 0 Å². The lowest BCUT2D eigenvalue weighted by molar-refractivity contribution is -0.332. The number of carbonyl (C=O) groups is 1. The van der Waals surface area contributed by atoms with E-state index in [9.17, 15) is 40.5 Å². The van der Waals surface area contributed by atoms with Gasteiger partial charge in [0.2, 0.25) is 0 Å². The van der Waals surface area contributed by atoms with Crippen LogP contribution in [-0.4, -0.2) is 142 Å². The molecule has 7 N–H and O–H groups in total. The van der Waals surface area contributed by atoms with Gasteiger partial charge in [-0.05, 0) is 38.5 Å². The van der Waals surface area contributed by atoms with Crippen molar-refractivity contribution < 1.29 is 69.0 Å². The monoisotopic (exact) mass is 819 g/mol. The zero-order valence-corrected chi connectivity index (χ0v) is 34.8. The molecule has 0 aliphatic carbocycles. The molecular formula is C43H78O14. The predicted molar refractivity (Wildman–Crippen MR) is 215 cm³/mol. The van der Waals surface area contributed by atoms with Crippen molar-refractivity contribution in [1.82, 2.24) is 0 Å². The van der Waals surface area contributed by atoms with Gasteiger partial charge in [-0.25, -0.2) is 0 Å². The predicted octanol–water partition coefficient (Wildman–Crippen LogP) is 4.51. The normalized spacial score (nSPS) is 28.7. The summed E-state index contributed by atoms with van der Waals surface area (Å²) in [6.07, 6.45) is 14.0. The number of ether oxygens (including phenoxy) is 6. The van der Waals surface area contributed by atoms with Gasteiger partial charge in [-0.2, -0.15) is 0 Å². The fourth-order valence-electron chi connectivity index (χ4n) is 6.77. The first-order valence-corrected chi connectivity index (χ1v) is 21.9. The maximum atomic E-state index is 12.9. The van der Waals surface area contributed by atoms with E-state index in [1.165, 1.54) is 51.4 Å². The number of hydrogen-bond acceptors (Lipinski definition) is 14. The van der Waals surface area contributed by atoms with Gasteiger partial charge >= 0.3 is 5.97 Å². The quantitative estimate of drug-likeness (QED) is 0.0276. The smallest absolute Gasteiger partial charge is 0.306 e. The minimum absolute atomic E-state index is 0.0580. The van der Waals surface area contributed by atoms with Crippen LogP contribution in [0.2, 0.25) is 0 Å². The Hall–Kier alpha value is -1.53. The molecule has 2 heterocycles. The summed E-state index contributed by atoms with van der Waals surface area (Å²) in [4.78, 5) is 12.9. The van der Waals surface area contributed by atoms with Crippen molar-refractivity contribution in [3.8, 4) is 0 Å². The van der Waals surface area contributed by atoms with Crippen LogP contribution in [0.3, 0.4) is 0 Å². The van der Waals surface area contributed by atoms with Gasteiger partial charge in [-0.1, -0.05) is 122 Å². The Kier molecular flexibility index (Phi) is 29.2. The molecule has 11 unspecified atom stereocenters. The highest BCUT2D eigenvalue weighted by Crippen LogP contribution is 2.26. The van der Waals surface area contributed by atoms with Crippen molar-refractivity contribution >= 4 is 5.97 Å². The highest BCUT2D eigenvalue weighted by molar-refractivity contribution is 5.69. The molecule has 0 radical (unpaired) electrons. The average Bonchev–Trinajstić information content (AvgIpc) is 3.20. The van der Waals surface area contributed by atoms with Gasteiger partial charge in [-0.3, -0.25) is 4.79 Å². The first-order valence-electron chi connectivity index (χ1n) is 21.9. The molecule has 0 saturated carbocycles. The van der Waals surface area contributed by atoms with Crippen molar-refractivity contribution in [2.45, 2.75) is 210 Å². The largest absolute Gasteiger partial charge is 0.457 e. The molecule has 0 aromatic carbocycles. The molecule has 57 heavy (non-hydrogen) atoms. The van der Waals surface area contributed by atoms with Crippen molar-refractivity contribution in [2.75, 3.05) is 33.0 Å². The highest BCUT2D eigenvalue weighted by Gasteiger charge is 2.47. The molecule has 14 heteroatoms. The first kappa shape index (κ1) is 51.6. The third-order valence-corrected chi connectivity index (χ3v) is 10.5. The van der Waals surface area contributed by atoms with Crippen molar-refractivity contribution in [1.29, 1.82) is 0 Å². The van der Waals surface area contributed by atoms with E-state index in [0.29, 0.717) is 13.0 Å². The lowest BCUT2D eigenvalue weighted by atomic mass is 9.98. The summed E-state index contributed by atoms with van der Waals surface area (Å²) >= 11 is 0. The van der Waals surface area contributed by atoms with Gasteiger partial charge in [0.15, 0.2) is 12.6 Å². The zero-order valence-electron chi connectivity index (χ0n) is 34.8. The molecule has 0 bridgehead atoms. The van der Waals surface area contributed by atoms with E-state index >= 15 is 0 Å². The van der Waals surface area contributed by atoms with Crippen LogP contribution in [0.25, 0.3) is 0 Å². The van der Waals surface area contributed by atoms with Gasteiger partial charge in [0, 0.05) is 13.0 Å². The van der Waals surface area contributed by atoms with Crippen LogP contribution in [0.1, 0.15) is 142 Å². The Bertz CT molecular complexity index is 1040. The molecule has 14 nitrogen and oxygen atoms in total. The van der Waals surface area contributed by atoms with Gasteiger partial charge in [0.05, 0.1) is 26.4 Å². The number of esters is 1. The Labute approximate surface area is 341 Å². The summed E-state index contributed by atoms with van der Waals surface area (Å²) < 4.78 is 34.0. The molecule has 2 aliphatic rings. The van der Waals surface area contributed by atoms with Crippen molar-refractivity contribution in [3.05, 3.63) is 24.3 Å². The number of hydrogen-bond donors (Lipinski definition) is 7. The maximum Gasteiger partial charge on any atom is 0.306 e. The minimum atomic E-state index is -1.70. The summed E-state index contributed by atoms with van der Waals surface area (Å²) in [6, 6.07) is 0. The molecule has 2 saturated heterocycles. The fraction of sp³-hybridized carbons (Fsp3) is 0.884. The van der Waals surface area contributed by atoms with Crippen LogP contribution in [0.15, 0.2) is 24.3 Å². The molecule has 2 fully saturated rings. The summed E-state index contributed by atoms with van der Waals surface area (Å²) in [5.74, 6) is -0.392. The second-order valence-corrected chi connectivity index (χ2v) is 15.5. The van der Waals surface area contributed by atoms with E-state index in [1.54, 1.807) is 0 Å². The van der Waals surface area contributed by atoms with E-state index in [1.807, 2.05) is 0 Å². The summed E-state index contributed by atoms with van der Waals surface area (Å²) in [5, 5.41) is 71.7. The highest BCUT2D eigenvalue weighted by atomic mass is 16.7. The van der Waals surface area contributed by atoms with E-state index in [4.69, 9.17) is 28.4 Å². The number of aliphatic hydroxyl groups is 7. The third kappa shape index (κ3) is 21.5. The molecular weight excluding hydrogens is 740 g/mol. The van der Waals surface area contributed by atoms with Crippen LogP contribution in [-0.2, 0) is 33.2 Å². The van der Waals surface area contributed by atoms with Gasteiger partial charge < -0.3 is 64.2 Å². The third-order valence-electron chi connectivity index (χ3n) is 10.5. The number of rotatable bonds is 33. The second kappa shape index (κ2) is 32.3. The number of unbranched alkanes of at least 4 members (excludes halogenated alkanes) is 15. The van der Waals surface area contributed by atoms with Gasteiger partial charge in [-0.15, -0.1) is 0 Å². The van der Waals surface area contributed by atoms with E-state index < -0.39 is 86.7 Å². The molecule has 2 aliphatic heterocycles. The first-order chi connectivity index (χ1) is 27.6. The molecule has 334 valence electrons. The summed E-state index contributed by atoms with van der Waals surface area (Å²) in [5.41, 5.74) is 0. The standard InChI is InChI=1S/C43H78O14/c1-3-5-7-9-11-13-14-15-16-17-18-20-22-24-26-35(45)55-32(29-52-27-25-23-21-19-12-10-8-6-4-2)30-53-42-41(51)39(49)37(47)34(57-42)31-54-43-40(50)38(48)36(46)33(28-44)56-43/h9,11,14-15,32-34,36-44,46-51H,3-8,10,12-13,16-31H2,1-2H3/b11-9-,15-14-. The Morgan fingerprint density at radius 2 is 1.11 bits per heavy atom. The number of allylic oxidation sites excluding steroid dienone is 4. The van der Waals surface area contributed by atoms with Crippen LogP contribution < -0.4 is 0 Å². The molecule has 0 aromatic rings. The molecule has 11 atom stereocenters. The molecule has 0 spiro atoms. The maximum absolute atomic E-state index is 12.9.